The molecular formula is C25H24F2N2O5S2. The molecule has 2 aromatic carbocycles. The van der Waals surface area contributed by atoms with Gasteiger partial charge in [-0.25, -0.2) is 8.78 Å². The summed E-state index contributed by atoms with van der Waals surface area (Å²) in [5.41, 5.74) is 0.996. The molecule has 0 bridgehead atoms. The fourth-order valence-corrected chi connectivity index (χ4v) is 5.13. The Hall–Kier alpha value is -2.86. The van der Waals surface area contributed by atoms with Gasteiger partial charge in [-0.15, -0.1) is 0 Å². The molecule has 0 aliphatic carbocycles. The van der Waals surface area contributed by atoms with Crippen LogP contribution >= 0.6 is 24.0 Å². The van der Waals surface area contributed by atoms with Gasteiger partial charge < -0.3 is 14.6 Å². The molecule has 1 N–H and O–H groups in total. The fourth-order valence-electron chi connectivity index (χ4n) is 3.83. The molecule has 36 heavy (non-hydrogen) atoms. The van der Waals surface area contributed by atoms with E-state index in [2.05, 4.69) is 4.90 Å². The van der Waals surface area contributed by atoms with E-state index in [1.165, 1.54) is 4.90 Å². The number of amides is 1. The van der Waals surface area contributed by atoms with Crippen molar-refractivity contribution in [2.75, 3.05) is 46.0 Å². The smallest absolute Gasteiger partial charge is 0.305 e. The van der Waals surface area contributed by atoms with E-state index < -0.39 is 23.5 Å². The van der Waals surface area contributed by atoms with Crippen molar-refractivity contribution in [2.45, 2.75) is 6.42 Å². The van der Waals surface area contributed by atoms with E-state index >= 15 is 0 Å². The van der Waals surface area contributed by atoms with Crippen LogP contribution in [0.4, 0.5) is 8.78 Å². The Labute approximate surface area is 216 Å². The van der Waals surface area contributed by atoms with Crippen molar-refractivity contribution in [3.63, 3.8) is 0 Å². The monoisotopic (exact) mass is 534 g/mol. The summed E-state index contributed by atoms with van der Waals surface area (Å²) in [7, 11) is 0. The zero-order valence-corrected chi connectivity index (χ0v) is 20.9. The van der Waals surface area contributed by atoms with Gasteiger partial charge >= 0.3 is 5.97 Å². The molecule has 2 saturated heterocycles. The largest absolute Gasteiger partial charge is 0.492 e. The molecule has 2 heterocycles. The maximum atomic E-state index is 14.5. The van der Waals surface area contributed by atoms with Crippen LogP contribution in [0.15, 0.2) is 41.3 Å². The third-order valence-corrected chi connectivity index (χ3v) is 7.11. The summed E-state index contributed by atoms with van der Waals surface area (Å²) in [6.07, 6.45) is 1.36. The molecule has 0 radical (unpaired) electrons. The van der Waals surface area contributed by atoms with Crippen LogP contribution in [0.25, 0.3) is 17.2 Å². The number of hydrogen-bond donors (Lipinski definition) is 1. The van der Waals surface area contributed by atoms with E-state index in [1.807, 2.05) is 0 Å². The lowest BCUT2D eigenvalue weighted by atomic mass is 10.0. The number of carbonyl (C=O) groups excluding carboxylic acids is 1. The predicted octanol–water partition coefficient (Wildman–Crippen LogP) is 4.02. The number of nitrogens with zero attached hydrogens (tertiary/aromatic N) is 2. The van der Waals surface area contributed by atoms with E-state index in [0.717, 1.165) is 43.1 Å². The number of benzene rings is 2. The van der Waals surface area contributed by atoms with Crippen molar-refractivity contribution < 1.29 is 33.0 Å². The minimum atomic E-state index is -1.03. The lowest BCUT2D eigenvalue weighted by Crippen LogP contribution is -2.38. The number of hydrogen-bond acceptors (Lipinski definition) is 7. The second-order valence-corrected chi connectivity index (χ2v) is 9.83. The van der Waals surface area contributed by atoms with E-state index in [1.54, 1.807) is 24.3 Å². The van der Waals surface area contributed by atoms with Crippen molar-refractivity contribution in [3.05, 3.63) is 58.5 Å². The van der Waals surface area contributed by atoms with Gasteiger partial charge in [-0.05, 0) is 42.0 Å². The summed E-state index contributed by atoms with van der Waals surface area (Å²) in [4.78, 5) is 27.6. The SMILES string of the molecule is O=C(O)CCN1C(=O)C(=Cc2cc(-c3cc(F)ccc3F)ccc2OCCN2CCOCC2)SC1=S. The Morgan fingerprint density at radius 1 is 1.17 bits per heavy atom. The number of aliphatic carboxylic acids is 1. The summed E-state index contributed by atoms with van der Waals surface area (Å²) < 4.78 is 39.9. The maximum absolute atomic E-state index is 14.5. The molecule has 0 unspecified atom stereocenters. The van der Waals surface area contributed by atoms with Gasteiger partial charge in [0.15, 0.2) is 0 Å². The predicted molar refractivity (Wildman–Crippen MR) is 137 cm³/mol. The second kappa shape index (κ2) is 11.9. The summed E-state index contributed by atoms with van der Waals surface area (Å²) >= 11 is 6.32. The van der Waals surface area contributed by atoms with Crippen LogP contribution in [0.2, 0.25) is 0 Å². The van der Waals surface area contributed by atoms with Gasteiger partial charge in [-0.1, -0.05) is 30.0 Å². The molecule has 2 fully saturated rings. The minimum absolute atomic E-state index is 0.0329. The van der Waals surface area contributed by atoms with Crippen molar-refractivity contribution in [3.8, 4) is 16.9 Å². The van der Waals surface area contributed by atoms with Crippen LogP contribution in [-0.4, -0.2) is 77.1 Å². The first-order valence-electron chi connectivity index (χ1n) is 11.3. The number of thioether (sulfide) groups is 1. The molecular weight excluding hydrogens is 510 g/mol. The number of carboxylic acid groups (broad SMARTS) is 1. The Morgan fingerprint density at radius 2 is 1.94 bits per heavy atom. The van der Waals surface area contributed by atoms with Crippen LogP contribution in [-0.2, 0) is 14.3 Å². The minimum Gasteiger partial charge on any atom is -0.492 e. The average molecular weight is 535 g/mol. The quantitative estimate of drug-likeness (QED) is 0.382. The Balaban J connectivity index is 1.62. The lowest BCUT2D eigenvalue weighted by Gasteiger charge is -2.26. The van der Waals surface area contributed by atoms with Gasteiger partial charge in [0.2, 0.25) is 0 Å². The standard InChI is InChI=1S/C25H24F2N2O5S2/c26-18-2-3-20(27)19(15-18)16-1-4-21(34-12-9-28-7-10-33-11-8-28)17(13-16)14-22-24(32)29(25(35)36-22)6-5-23(30)31/h1-4,13-15H,5-12H2,(H,30,31). The number of halogens is 2. The van der Waals surface area contributed by atoms with Crippen molar-refractivity contribution >= 4 is 46.3 Å². The summed E-state index contributed by atoms with van der Waals surface area (Å²) in [6.45, 7) is 3.99. The zero-order chi connectivity index (χ0) is 25.7. The van der Waals surface area contributed by atoms with Gasteiger partial charge in [0.05, 0.1) is 24.5 Å². The molecule has 4 rings (SSSR count). The van der Waals surface area contributed by atoms with Crippen LogP contribution in [0.3, 0.4) is 0 Å². The van der Waals surface area contributed by atoms with Crippen LogP contribution in [0.1, 0.15) is 12.0 Å². The summed E-state index contributed by atoms with van der Waals surface area (Å²) in [6, 6.07) is 8.15. The van der Waals surface area contributed by atoms with Gasteiger partial charge in [-0.3, -0.25) is 19.4 Å². The van der Waals surface area contributed by atoms with Gasteiger partial charge in [-0.2, -0.15) is 0 Å². The maximum Gasteiger partial charge on any atom is 0.305 e. The fraction of sp³-hybridized carbons (Fsp3) is 0.320. The highest BCUT2D eigenvalue weighted by atomic mass is 32.2. The number of carbonyl (C=O) groups is 2. The topological polar surface area (TPSA) is 79.3 Å². The highest BCUT2D eigenvalue weighted by molar-refractivity contribution is 8.26. The molecule has 0 spiro atoms. The number of carboxylic acids is 1. The van der Waals surface area contributed by atoms with Crippen LogP contribution < -0.4 is 4.74 Å². The third kappa shape index (κ3) is 6.47. The number of ether oxygens (including phenoxy) is 2. The molecule has 2 aromatic rings. The zero-order valence-electron chi connectivity index (χ0n) is 19.2. The lowest BCUT2D eigenvalue weighted by molar-refractivity contribution is -0.137. The number of thiocarbonyl (C=S) groups is 1. The Bertz CT molecular complexity index is 1200. The first-order valence-corrected chi connectivity index (χ1v) is 12.5. The Morgan fingerprint density at radius 3 is 2.69 bits per heavy atom. The molecule has 2 aliphatic heterocycles. The third-order valence-electron chi connectivity index (χ3n) is 5.73. The average Bonchev–Trinajstić information content (AvgIpc) is 3.12. The Kier molecular flexibility index (Phi) is 8.68. The van der Waals surface area contributed by atoms with E-state index in [-0.39, 0.29) is 22.8 Å². The highest BCUT2D eigenvalue weighted by Gasteiger charge is 2.32. The highest BCUT2D eigenvalue weighted by Crippen LogP contribution is 2.36. The van der Waals surface area contributed by atoms with E-state index in [4.69, 9.17) is 26.8 Å². The van der Waals surface area contributed by atoms with Crippen molar-refractivity contribution in [2.24, 2.45) is 0 Å². The summed E-state index contributed by atoms with van der Waals surface area (Å²) in [5, 5.41) is 8.95. The van der Waals surface area contributed by atoms with E-state index in [0.29, 0.717) is 48.1 Å². The molecule has 7 nitrogen and oxygen atoms in total. The molecule has 190 valence electrons. The molecule has 2 aliphatic rings. The first kappa shape index (κ1) is 26.2. The van der Waals surface area contributed by atoms with E-state index in [9.17, 15) is 18.4 Å². The van der Waals surface area contributed by atoms with Crippen LogP contribution in [0, 0.1) is 11.6 Å². The molecule has 11 heteroatoms. The van der Waals surface area contributed by atoms with Gasteiger partial charge in [0.25, 0.3) is 5.91 Å². The molecule has 0 aromatic heterocycles. The second-order valence-electron chi connectivity index (χ2n) is 8.16. The normalized spacial score (nSPS) is 17.7. The number of morpholine rings is 1. The van der Waals surface area contributed by atoms with Crippen molar-refractivity contribution in [1.82, 2.24) is 9.80 Å². The first-order chi connectivity index (χ1) is 17.3. The van der Waals surface area contributed by atoms with Crippen LogP contribution in [0.5, 0.6) is 5.75 Å². The van der Waals surface area contributed by atoms with Gasteiger partial charge in [0.1, 0.15) is 28.3 Å². The summed E-state index contributed by atoms with van der Waals surface area (Å²) in [5.74, 6) is -2.12. The molecule has 1 amide bonds. The van der Waals surface area contributed by atoms with Gasteiger partial charge in [0, 0.05) is 37.3 Å². The molecule has 0 atom stereocenters. The number of rotatable bonds is 9. The molecule has 0 saturated carbocycles. The van der Waals surface area contributed by atoms with Crippen molar-refractivity contribution in [1.29, 1.82) is 0 Å².